The van der Waals surface area contributed by atoms with Crippen molar-refractivity contribution in [1.29, 1.82) is 0 Å². The fraction of sp³-hybridized carbons (Fsp3) is 0.455. The summed E-state index contributed by atoms with van der Waals surface area (Å²) < 4.78 is 2.23. The molecule has 1 unspecified atom stereocenters. The van der Waals surface area contributed by atoms with Crippen LogP contribution in [0.3, 0.4) is 0 Å². The summed E-state index contributed by atoms with van der Waals surface area (Å²) in [7, 11) is 0. The minimum Gasteiger partial charge on any atom is -0.327 e. The van der Waals surface area contributed by atoms with E-state index in [1.54, 1.807) is 11.3 Å². The third-order valence-electron chi connectivity index (χ3n) is 2.98. The molecule has 3 rings (SSSR count). The summed E-state index contributed by atoms with van der Waals surface area (Å²) in [5, 5.41) is 10.6. The third kappa shape index (κ3) is 1.76. The number of thiophene rings is 1. The Bertz CT molecular complexity index is 474. The maximum atomic E-state index is 5.92. The molecule has 0 saturated carbocycles. The van der Waals surface area contributed by atoms with E-state index in [4.69, 9.17) is 5.73 Å². The Hall–Kier alpha value is -1.20. The molecule has 2 aromatic rings. The number of rotatable bonds is 2. The van der Waals surface area contributed by atoms with Gasteiger partial charge in [0.25, 0.3) is 0 Å². The molecule has 16 heavy (non-hydrogen) atoms. The highest BCUT2D eigenvalue weighted by Gasteiger charge is 2.20. The fourth-order valence-electron chi connectivity index (χ4n) is 2.11. The van der Waals surface area contributed by atoms with Crippen LogP contribution in [0.2, 0.25) is 0 Å². The van der Waals surface area contributed by atoms with Crippen LogP contribution in [0.15, 0.2) is 17.5 Å². The largest absolute Gasteiger partial charge is 0.327 e. The standard InChI is InChI=1S/C11H14N4S/c12-8-3-4-15-10(6-8)13-14-11(15)7-9-2-1-5-16-9/h1-2,5,8H,3-4,6-7,12H2. The number of hydrogen-bond donors (Lipinski definition) is 1. The maximum absolute atomic E-state index is 5.92. The Morgan fingerprint density at radius 1 is 1.50 bits per heavy atom. The molecule has 1 aliphatic rings. The Morgan fingerprint density at radius 2 is 2.44 bits per heavy atom. The predicted octanol–water partition coefficient (Wildman–Crippen LogP) is 1.20. The average molecular weight is 234 g/mol. The number of aromatic nitrogens is 3. The monoisotopic (exact) mass is 234 g/mol. The van der Waals surface area contributed by atoms with Gasteiger partial charge in [-0.15, -0.1) is 21.5 Å². The molecular formula is C11H14N4S. The SMILES string of the molecule is NC1CCn2c(Cc3cccs3)nnc2C1. The normalized spacial score (nSPS) is 19.7. The molecule has 1 aliphatic heterocycles. The second kappa shape index (κ2) is 3.99. The van der Waals surface area contributed by atoms with Gasteiger partial charge in [0.05, 0.1) is 0 Å². The lowest BCUT2D eigenvalue weighted by molar-refractivity contribution is 0.456. The smallest absolute Gasteiger partial charge is 0.138 e. The summed E-state index contributed by atoms with van der Waals surface area (Å²) in [5.74, 6) is 2.12. The highest BCUT2D eigenvalue weighted by molar-refractivity contribution is 7.09. The molecule has 4 nitrogen and oxygen atoms in total. The van der Waals surface area contributed by atoms with Crippen molar-refractivity contribution in [2.45, 2.75) is 31.8 Å². The van der Waals surface area contributed by atoms with Crippen LogP contribution in [0.5, 0.6) is 0 Å². The lowest BCUT2D eigenvalue weighted by atomic mass is 10.1. The fourth-order valence-corrected chi connectivity index (χ4v) is 2.81. The van der Waals surface area contributed by atoms with E-state index in [1.165, 1.54) is 4.88 Å². The molecule has 0 aromatic carbocycles. The van der Waals surface area contributed by atoms with Crippen LogP contribution in [0, 0.1) is 0 Å². The minimum atomic E-state index is 0.256. The lowest BCUT2D eigenvalue weighted by Crippen LogP contribution is -2.31. The molecule has 0 radical (unpaired) electrons. The highest BCUT2D eigenvalue weighted by Crippen LogP contribution is 2.18. The lowest BCUT2D eigenvalue weighted by Gasteiger charge is -2.20. The molecular weight excluding hydrogens is 220 g/mol. The van der Waals surface area contributed by atoms with Gasteiger partial charge < -0.3 is 10.3 Å². The number of fused-ring (bicyclic) bond motifs is 1. The maximum Gasteiger partial charge on any atom is 0.138 e. The van der Waals surface area contributed by atoms with Gasteiger partial charge in [-0.05, 0) is 17.9 Å². The average Bonchev–Trinajstić information content (AvgIpc) is 2.89. The zero-order valence-electron chi connectivity index (χ0n) is 8.97. The van der Waals surface area contributed by atoms with Gasteiger partial charge >= 0.3 is 0 Å². The molecule has 0 saturated heterocycles. The molecule has 3 heterocycles. The van der Waals surface area contributed by atoms with Crippen molar-refractivity contribution in [2.24, 2.45) is 5.73 Å². The van der Waals surface area contributed by atoms with Crippen LogP contribution < -0.4 is 5.73 Å². The topological polar surface area (TPSA) is 56.7 Å². The second-order valence-corrected chi connectivity index (χ2v) is 5.23. The van der Waals surface area contributed by atoms with Crippen LogP contribution in [-0.2, 0) is 19.4 Å². The van der Waals surface area contributed by atoms with Crippen molar-refractivity contribution >= 4 is 11.3 Å². The van der Waals surface area contributed by atoms with Crippen molar-refractivity contribution in [3.8, 4) is 0 Å². The molecule has 2 aromatic heterocycles. The Balaban J connectivity index is 1.86. The van der Waals surface area contributed by atoms with Gasteiger partial charge in [0.2, 0.25) is 0 Å². The van der Waals surface area contributed by atoms with Gasteiger partial charge in [-0.1, -0.05) is 6.07 Å². The number of hydrogen-bond acceptors (Lipinski definition) is 4. The summed E-state index contributed by atoms with van der Waals surface area (Å²) in [4.78, 5) is 1.34. The van der Waals surface area contributed by atoms with E-state index in [1.807, 2.05) is 0 Å². The summed E-state index contributed by atoms with van der Waals surface area (Å²) in [6.45, 7) is 0.963. The van der Waals surface area contributed by atoms with E-state index in [2.05, 4.69) is 32.3 Å². The van der Waals surface area contributed by atoms with Crippen molar-refractivity contribution in [3.63, 3.8) is 0 Å². The third-order valence-corrected chi connectivity index (χ3v) is 3.86. The highest BCUT2D eigenvalue weighted by atomic mass is 32.1. The molecule has 0 bridgehead atoms. The zero-order valence-corrected chi connectivity index (χ0v) is 9.78. The van der Waals surface area contributed by atoms with Crippen LogP contribution in [0.4, 0.5) is 0 Å². The van der Waals surface area contributed by atoms with Crippen LogP contribution in [-0.4, -0.2) is 20.8 Å². The van der Waals surface area contributed by atoms with Crippen LogP contribution in [0.1, 0.15) is 22.9 Å². The number of nitrogens with zero attached hydrogens (tertiary/aromatic N) is 3. The molecule has 5 heteroatoms. The van der Waals surface area contributed by atoms with E-state index in [-0.39, 0.29) is 6.04 Å². The van der Waals surface area contributed by atoms with Crippen LogP contribution in [0.25, 0.3) is 0 Å². The van der Waals surface area contributed by atoms with Crippen LogP contribution >= 0.6 is 11.3 Å². The predicted molar refractivity (Wildman–Crippen MR) is 63.4 cm³/mol. The first-order valence-corrected chi connectivity index (χ1v) is 6.40. The van der Waals surface area contributed by atoms with Crippen molar-refractivity contribution in [1.82, 2.24) is 14.8 Å². The first kappa shape index (κ1) is 9.99. The molecule has 0 aliphatic carbocycles. The Kier molecular flexibility index (Phi) is 2.49. The van der Waals surface area contributed by atoms with Crippen molar-refractivity contribution in [3.05, 3.63) is 34.0 Å². The van der Waals surface area contributed by atoms with E-state index in [0.29, 0.717) is 0 Å². The molecule has 2 N–H and O–H groups in total. The summed E-state index contributed by atoms with van der Waals surface area (Å²) in [6.07, 6.45) is 2.78. The zero-order chi connectivity index (χ0) is 11.0. The molecule has 84 valence electrons. The molecule has 0 fully saturated rings. The minimum absolute atomic E-state index is 0.256. The van der Waals surface area contributed by atoms with Gasteiger partial charge in [0.1, 0.15) is 11.6 Å². The summed E-state index contributed by atoms with van der Waals surface area (Å²) >= 11 is 1.77. The van der Waals surface area contributed by atoms with Crippen molar-refractivity contribution in [2.75, 3.05) is 0 Å². The van der Waals surface area contributed by atoms with Gasteiger partial charge in [-0.25, -0.2) is 0 Å². The first-order valence-electron chi connectivity index (χ1n) is 5.52. The quantitative estimate of drug-likeness (QED) is 0.849. The Labute approximate surface area is 98.1 Å². The van der Waals surface area contributed by atoms with Gasteiger partial charge in [-0.2, -0.15) is 0 Å². The van der Waals surface area contributed by atoms with Gasteiger partial charge in [0.15, 0.2) is 0 Å². The molecule has 0 amide bonds. The van der Waals surface area contributed by atoms with E-state index in [9.17, 15) is 0 Å². The second-order valence-electron chi connectivity index (χ2n) is 4.19. The van der Waals surface area contributed by atoms with E-state index >= 15 is 0 Å². The Morgan fingerprint density at radius 3 is 3.25 bits per heavy atom. The molecule has 0 spiro atoms. The summed E-state index contributed by atoms with van der Waals surface area (Å²) in [5.41, 5.74) is 5.92. The molecule has 1 atom stereocenters. The van der Waals surface area contributed by atoms with Gasteiger partial charge in [0, 0.05) is 30.3 Å². The van der Waals surface area contributed by atoms with E-state index < -0.39 is 0 Å². The number of nitrogens with two attached hydrogens (primary N) is 1. The first-order chi connectivity index (χ1) is 7.83. The summed E-state index contributed by atoms with van der Waals surface area (Å²) in [6, 6.07) is 4.47. The van der Waals surface area contributed by atoms with E-state index in [0.717, 1.165) is 37.5 Å². The van der Waals surface area contributed by atoms with Gasteiger partial charge in [-0.3, -0.25) is 0 Å². The van der Waals surface area contributed by atoms with Crippen molar-refractivity contribution < 1.29 is 0 Å².